The molecule has 3 rings (SSSR count). The van der Waals surface area contributed by atoms with Gasteiger partial charge in [0.2, 0.25) is 0 Å². The fourth-order valence-corrected chi connectivity index (χ4v) is 2.83. The molecule has 94 valence electrons. The second-order valence-electron chi connectivity index (χ2n) is 4.60. The normalized spacial score (nSPS) is 11.0. The van der Waals surface area contributed by atoms with E-state index >= 15 is 0 Å². The van der Waals surface area contributed by atoms with Crippen LogP contribution in [0.25, 0.3) is 21.5 Å². The van der Waals surface area contributed by atoms with Gasteiger partial charge in [0.15, 0.2) is 0 Å². The van der Waals surface area contributed by atoms with Crippen LogP contribution in [0.1, 0.15) is 22.8 Å². The fraction of sp³-hybridized carbons (Fsp3) is 0.118. The van der Waals surface area contributed by atoms with E-state index in [0.717, 1.165) is 27.1 Å². The Morgan fingerprint density at radius 3 is 1.89 bits per heavy atom. The summed E-state index contributed by atoms with van der Waals surface area (Å²) in [7, 11) is 0. The largest absolute Gasteiger partial charge is 0.478 e. The molecular formula is C17H14O2. The summed E-state index contributed by atoms with van der Waals surface area (Å²) in [5.41, 5.74) is 1.36. The van der Waals surface area contributed by atoms with Gasteiger partial charge in [-0.05, 0) is 33.5 Å². The van der Waals surface area contributed by atoms with Crippen molar-refractivity contribution in [2.75, 3.05) is 0 Å². The molecule has 0 aliphatic heterocycles. The number of hydrogen-bond acceptors (Lipinski definition) is 1. The quantitative estimate of drug-likeness (QED) is 0.690. The van der Waals surface area contributed by atoms with Gasteiger partial charge in [0.1, 0.15) is 0 Å². The molecule has 0 saturated heterocycles. The zero-order valence-electron chi connectivity index (χ0n) is 10.7. The van der Waals surface area contributed by atoms with E-state index in [9.17, 15) is 9.90 Å². The van der Waals surface area contributed by atoms with Crippen LogP contribution in [0.4, 0.5) is 0 Å². The predicted octanol–water partition coefficient (Wildman–Crippen LogP) is 4.25. The van der Waals surface area contributed by atoms with Gasteiger partial charge in [0.25, 0.3) is 0 Å². The summed E-state index contributed by atoms with van der Waals surface area (Å²) in [6.07, 6.45) is 0.715. The van der Waals surface area contributed by atoms with E-state index < -0.39 is 5.97 Å². The van der Waals surface area contributed by atoms with Gasteiger partial charge in [-0.3, -0.25) is 0 Å². The Bertz CT molecular complexity index is 788. The smallest absolute Gasteiger partial charge is 0.336 e. The van der Waals surface area contributed by atoms with E-state index in [1.165, 1.54) is 0 Å². The molecule has 0 heterocycles. The minimum absolute atomic E-state index is 0.441. The summed E-state index contributed by atoms with van der Waals surface area (Å²) >= 11 is 0. The number of aromatic carboxylic acids is 1. The lowest BCUT2D eigenvalue weighted by molar-refractivity contribution is 0.0698. The molecule has 0 unspecified atom stereocenters. The molecule has 0 spiro atoms. The van der Waals surface area contributed by atoms with Crippen LogP contribution in [-0.2, 0) is 6.42 Å². The Hall–Kier alpha value is -2.35. The maximum atomic E-state index is 11.6. The van der Waals surface area contributed by atoms with Crippen molar-refractivity contribution < 1.29 is 9.90 Å². The first-order chi connectivity index (χ1) is 9.24. The van der Waals surface area contributed by atoms with E-state index in [0.29, 0.717) is 12.0 Å². The van der Waals surface area contributed by atoms with Crippen molar-refractivity contribution in [2.45, 2.75) is 13.3 Å². The van der Waals surface area contributed by atoms with Gasteiger partial charge < -0.3 is 5.11 Å². The lowest BCUT2D eigenvalue weighted by Gasteiger charge is -2.13. The summed E-state index contributed by atoms with van der Waals surface area (Å²) in [4.78, 5) is 11.6. The van der Waals surface area contributed by atoms with E-state index in [-0.39, 0.29) is 0 Å². The Morgan fingerprint density at radius 2 is 1.37 bits per heavy atom. The van der Waals surface area contributed by atoms with Gasteiger partial charge in [-0.15, -0.1) is 0 Å². The maximum absolute atomic E-state index is 11.6. The first-order valence-corrected chi connectivity index (χ1v) is 6.39. The van der Waals surface area contributed by atoms with Crippen molar-refractivity contribution in [3.8, 4) is 0 Å². The van der Waals surface area contributed by atoms with Crippen molar-refractivity contribution in [3.63, 3.8) is 0 Å². The number of benzene rings is 3. The number of rotatable bonds is 2. The third kappa shape index (κ3) is 1.68. The van der Waals surface area contributed by atoms with E-state index in [2.05, 4.69) is 6.07 Å². The molecule has 0 fully saturated rings. The molecular weight excluding hydrogens is 236 g/mol. The average molecular weight is 250 g/mol. The second kappa shape index (κ2) is 4.39. The zero-order chi connectivity index (χ0) is 13.4. The molecule has 0 aromatic heterocycles. The van der Waals surface area contributed by atoms with Crippen LogP contribution in [0.2, 0.25) is 0 Å². The number of aryl methyl sites for hydroxylation is 1. The van der Waals surface area contributed by atoms with Crippen LogP contribution in [0.5, 0.6) is 0 Å². The number of hydrogen-bond donors (Lipinski definition) is 1. The highest BCUT2D eigenvalue weighted by atomic mass is 16.4. The number of carboxylic acids is 1. The second-order valence-corrected chi connectivity index (χ2v) is 4.60. The summed E-state index contributed by atoms with van der Waals surface area (Å²) in [5.74, 6) is -0.848. The molecule has 0 saturated carbocycles. The summed E-state index contributed by atoms with van der Waals surface area (Å²) in [6, 6.07) is 15.7. The molecule has 0 amide bonds. The monoisotopic (exact) mass is 250 g/mol. The molecule has 0 radical (unpaired) electrons. The first-order valence-electron chi connectivity index (χ1n) is 6.39. The van der Waals surface area contributed by atoms with Crippen molar-refractivity contribution >= 4 is 27.5 Å². The molecule has 2 heteroatoms. The van der Waals surface area contributed by atoms with Gasteiger partial charge in [-0.25, -0.2) is 4.79 Å². The Balaban J connectivity index is 2.65. The number of fused-ring (bicyclic) bond motifs is 3. The maximum Gasteiger partial charge on any atom is 0.336 e. The molecule has 2 nitrogen and oxygen atoms in total. The van der Waals surface area contributed by atoms with Crippen LogP contribution in [-0.4, -0.2) is 11.1 Å². The Kier molecular flexibility index (Phi) is 2.71. The minimum Gasteiger partial charge on any atom is -0.478 e. The van der Waals surface area contributed by atoms with Crippen molar-refractivity contribution in [1.29, 1.82) is 0 Å². The average Bonchev–Trinajstić information content (AvgIpc) is 2.45. The zero-order valence-corrected chi connectivity index (χ0v) is 10.7. The van der Waals surface area contributed by atoms with Gasteiger partial charge in [-0.2, -0.15) is 0 Å². The van der Waals surface area contributed by atoms with Gasteiger partial charge in [0.05, 0.1) is 5.56 Å². The highest BCUT2D eigenvalue weighted by Crippen LogP contribution is 2.33. The Morgan fingerprint density at radius 1 is 0.895 bits per heavy atom. The van der Waals surface area contributed by atoms with Crippen LogP contribution < -0.4 is 0 Å². The molecule has 3 aromatic rings. The molecule has 0 bridgehead atoms. The highest BCUT2D eigenvalue weighted by molar-refractivity contribution is 6.17. The van der Waals surface area contributed by atoms with E-state index in [1.807, 2.05) is 49.4 Å². The predicted molar refractivity (Wildman–Crippen MR) is 77.8 cm³/mol. The SMILES string of the molecule is CCc1c(C(=O)O)c2ccccc2c2ccccc12. The number of carbonyl (C=O) groups is 1. The van der Waals surface area contributed by atoms with Crippen molar-refractivity contribution in [1.82, 2.24) is 0 Å². The lowest BCUT2D eigenvalue weighted by atomic mass is 9.90. The van der Waals surface area contributed by atoms with Crippen molar-refractivity contribution in [2.24, 2.45) is 0 Å². The van der Waals surface area contributed by atoms with Gasteiger partial charge >= 0.3 is 5.97 Å². The van der Waals surface area contributed by atoms with Crippen molar-refractivity contribution in [3.05, 3.63) is 59.7 Å². The third-order valence-electron chi connectivity index (χ3n) is 3.61. The Labute approximate surface area is 111 Å². The molecule has 0 aliphatic rings. The van der Waals surface area contributed by atoms with Crippen LogP contribution in [0.15, 0.2) is 48.5 Å². The summed E-state index contributed by atoms with van der Waals surface area (Å²) in [6.45, 7) is 2.00. The van der Waals surface area contributed by atoms with Gasteiger partial charge in [-0.1, -0.05) is 55.5 Å². The minimum atomic E-state index is -0.848. The van der Waals surface area contributed by atoms with E-state index in [1.54, 1.807) is 0 Å². The van der Waals surface area contributed by atoms with Crippen LogP contribution in [0, 0.1) is 0 Å². The third-order valence-corrected chi connectivity index (χ3v) is 3.61. The lowest BCUT2D eigenvalue weighted by Crippen LogP contribution is -2.04. The van der Waals surface area contributed by atoms with Gasteiger partial charge in [0, 0.05) is 0 Å². The molecule has 1 N–H and O–H groups in total. The highest BCUT2D eigenvalue weighted by Gasteiger charge is 2.17. The molecule has 3 aromatic carbocycles. The fourth-order valence-electron chi connectivity index (χ4n) is 2.83. The standard InChI is InChI=1S/C17H14O2/c1-2-11-12-7-3-4-8-13(12)14-9-5-6-10-15(14)16(11)17(18)19/h3-10H,2H2,1H3,(H,18,19). The topological polar surface area (TPSA) is 37.3 Å². The van der Waals surface area contributed by atoms with Crippen LogP contribution >= 0.6 is 0 Å². The first kappa shape index (κ1) is 11.7. The number of carboxylic acid groups (broad SMARTS) is 1. The molecule has 19 heavy (non-hydrogen) atoms. The van der Waals surface area contributed by atoms with E-state index in [4.69, 9.17) is 0 Å². The molecule has 0 atom stereocenters. The molecule has 0 aliphatic carbocycles. The summed E-state index contributed by atoms with van der Waals surface area (Å²) in [5, 5.41) is 13.6. The summed E-state index contributed by atoms with van der Waals surface area (Å²) < 4.78 is 0. The van der Waals surface area contributed by atoms with Crippen LogP contribution in [0.3, 0.4) is 0 Å².